The van der Waals surface area contributed by atoms with Crippen LogP contribution >= 0.6 is 0 Å². The summed E-state index contributed by atoms with van der Waals surface area (Å²) in [7, 11) is 0. The first-order valence-electron chi connectivity index (χ1n) is 10.3. The van der Waals surface area contributed by atoms with Crippen molar-refractivity contribution in [2.24, 2.45) is 5.92 Å². The number of amides is 2. The summed E-state index contributed by atoms with van der Waals surface area (Å²) in [4.78, 5) is 18.9. The molecule has 7 heteroatoms. The molecule has 2 amide bonds. The molecule has 2 heterocycles. The van der Waals surface area contributed by atoms with Gasteiger partial charge in [0.15, 0.2) is 0 Å². The fourth-order valence-corrected chi connectivity index (χ4v) is 4.08. The Labute approximate surface area is 161 Å². The third-order valence-electron chi connectivity index (χ3n) is 6.05. The van der Waals surface area contributed by atoms with Crippen LogP contribution in [0.1, 0.15) is 62.3 Å². The maximum absolute atomic E-state index is 12.0. The number of hydrogen-bond acceptors (Lipinski definition) is 5. The number of urea groups is 1. The highest BCUT2D eigenvalue weighted by molar-refractivity contribution is 5.73. The molecule has 7 nitrogen and oxygen atoms in total. The van der Waals surface area contributed by atoms with Gasteiger partial charge >= 0.3 is 6.03 Å². The summed E-state index contributed by atoms with van der Waals surface area (Å²) < 4.78 is 5.67. The predicted octanol–water partition coefficient (Wildman–Crippen LogP) is 2.50. The van der Waals surface area contributed by atoms with Gasteiger partial charge < -0.3 is 20.2 Å². The Kier molecular flexibility index (Phi) is 6.76. The van der Waals surface area contributed by atoms with Crippen LogP contribution in [0.15, 0.2) is 4.42 Å². The largest absolute Gasteiger partial charge is 0.444 e. The fraction of sp³-hybridized carbons (Fsp3) is 0.800. The van der Waals surface area contributed by atoms with Crippen molar-refractivity contribution in [3.05, 3.63) is 17.3 Å². The van der Waals surface area contributed by atoms with E-state index in [2.05, 4.69) is 20.5 Å². The highest BCUT2D eigenvalue weighted by Gasteiger charge is 2.29. The molecule has 1 aliphatic heterocycles. The summed E-state index contributed by atoms with van der Waals surface area (Å²) >= 11 is 0. The van der Waals surface area contributed by atoms with Crippen LogP contribution in [0.3, 0.4) is 0 Å². The van der Waals surface area contributed by atoms with Crippen LogP contribution in [-0.4, -0.2) is 52.8 Å². The molecule has 2 aliphatic rings. The van der Waals surface area contributed by atoms with Crippen LogP contribution in [0.4, 0.5) is 4.79 Å². The summed E-state index contributed by atoms with van der Waals surface area (Å²) in [5, 5.41) is 16.3. The zero-order valence-corrected chi connectivity index (χ0v) is 16.7. The summed E-state index contributed by atoms with van der Waals surface area (Å²) in [6.07, 6.45) is 6.97. The van der Waals surface area contributed by atoms with Gasteiger partial charge in [0.05, 0.1) is 17.8 Å². The van der Waals surface area contributed by atoms with E-state index in [1.165, 1.54) is 6.42 Å². The predicted molar refractivity (Wildman–Crippen MR) is 103 cm³/mol. The third-order valence-corrected chi connectivity index (χ3v) is 6.05. The second-order valence-electron chi connectivity index (χ2n) is 8.32. The smallest absolute Gasteiger partial charge is 0.314 e. The zero-order chi connectivity index (χ0) is 19.3. The Balaban J connectivity index is 1.31. The quantitative estimate of drug-likeness (QED) is 0.707. The first kappa shape index (κ1) is 20.1. The normalized spacial score (nSPS) is 21.1. The number of nitrogens with zero attached hydrogens (tertiary/aromatic N) is 2. The van der Waals surface area contributed by atoms with Crippen LogP contribution in [0.25, 0.3) is 0 Å². The minimum Gasteiger partial charge on any atom is -0.444 e. The van der Waals surface area contributed by atoms with E-state index in [1.807, 2.05) is 13.8 Å². The van der Waals surface area contributed by atoms with Crippen LogP contribution in [0.5, 0.6) is 0 Å². The van der Waals surface area contributed by atoms with Gasteiger partial charge in [-0.3, -0.25) is 4.90 Å². The number of oxazole rings is 1. The molecule has 1 saturated carbocycles. The number of aliphatic hydroxyl groups is 1. The van der Waals surface area contributed by atoms with Crippen molar-refractivity contribution >= 4 is 6.03 Å². The Morgan fingerprint density at radius 3 is 2.56 bits per heavy atom. The maximum Gasteiger partial charge on any atom is 0.314 e. The summed E-state index contributed by atoms with van der Waals surface area (Å²) in [6, 6.07) is -0.165. The minimum absolute atomic E-state index is 0.165. The van der Waals surface area contributed by atoms with Crippen molar-refractivity contribution in [3.63, 3.8) is 0 Å². The van der Waals surface area contributed by atoms with Gasteiger partial charge in [0.1, 0.15) is 5.76 Å². The highest BCUT2D eigenvalue weighted by Crippen LogP contribution is 2.27. The van der Waals surface area contributed by atoms with E-state index in [0.717, 1.165) is 75.5 Å². The number of hydrogen-bond donors (Lipinski definition) is 3. The van der Waals surface area contributed by atoms with Crippen LogP contribution in [0.2, 0.25) is 0 Å². The lowest BCUT2D eigenvalue weighted by atomic mass is 9.85. The van der Waals surface area contributed by atoms with E-state index in [-0.39, 0.29) is 6.03 Å². The van der Waals surface area contributed by atoms with Gasteiger partial charge in [-0.2, -0.15) is 0 Å². The van der Waals surface area contributed by atoms with Crippen LogP contribution in [0, 0.1) is 19.8 Å². The van der Waals surface area contributed by atoms with Crippen LogP contribution in [-0.2, 0) is 6.54 Å². The summed E-state index contributed by atoms with van der Waals surface area (Å²) in [6.45, 7) is 7.71. The van der Waals surface area contributed by atoms with E-state index in [4.69, 9.17) is 4.42 Å². The Bertz CT molecular complexity index is 597. The highest BCUT2D eigenvalue weighted by atomic mass is 16.4. The minimum atomic E-state index is -0.711. The van der Waals surface area contributed by atoms with Gasteiger partial charge in [-0.1, -0.05) is 19.3 Å². The van der Waals surface area contributed by atoms with Gasteiger partial charge in [0, 0.05) is 13.1 Å². The molecule has 0 spiro atoms. The Morgan fingerprint density at radius 2 is 1.93 bits per heavy atom. The molecule has 3 N–H and O–H groups in total. The lowest BCUT2D eigenvalue weighted by molar-refractivity contribution is 0.00716. The first-order valence-corrected chi connectivity index (χ1v) is 10.3. The van der Waals surface area contributed by atoms with Gasteiger partial charge in [-0.15, -0.1) is 0 Å². The number of aryl methyl sites for hydroxylation is 2. The number of likely N-dealkylation sites (tertiary alicyclic amines) is 1. The van der Waals surface area contributed by atoms with Crippen molar-refractivity contribution in [1.82, 2.24) is 20.5 Å². The molecule has 0 aromatic carbocycles. The topological polar surface area (TPSA) is 90.6 Å². The van der Waals surface area contributed by atoms with Crippen molar-refractivity contribution in [3.8, 4) is 0 Å². The summed E-state index contributed by atoms with van der Waals surface area (Å²) in [5.41, 5.74) is 0.255. The van der Waals surface area contributed by atoms with E-state index in [9.17, 15) is 9.90 Å². The Hall–Kier alpha value is -1.60. The number of nitrogens with one attached hydrogen (secondary N) is 2. The van der Waals surface area contributed by atoms with E-state index >= 15 is 0 Å². The van der Waals surface area contributed by atoms with E-state index < -0.39 is 5.60 Å². The van der Waals surface area contributed by atoms with E-state index in [0.29, 0.717) is 19.0 Å². The van der Waals surface area contributed by atoms with Gasteiger partial charge in [0.25, 0.3) is 0 Å². The molecule has 27 heavy (non-hydrogen) atoms. The molecule has 3 rings (SSSR count). The van der Waals surface area contributed by atoms with Gasteiger partial charge in [-0.05, 0) is 58.5 Å². The molecule has 1 aliphatic carbocycles. The molecule has 0 radical (unpaired) electrons. The molecule has 2 fully saturated rings. The second-order valence-corrected chi connectivity index (χ2v) is 8.32. The van der Waals surface area contributed by atoms with Crippen molar-refractivity contribution in [1.29, 1.82) is 0 Å². The lowest BCUT2D eigenvalue weighted by Crippen LogP contribution is -2.48. The molecule has 152 valence electrons. The molecule has 1 saturated heterocycles. The van der Waals surface area contributed by atoms with Crippen LogP contribution < -0.4 is 10.6 Å². The summed E-state index contributed by atoms with van der Waals surface area (Å²) in [5.74, 6) is 2.19. The van der Waals surface area contributed by atoms with E-state index in [1.54, 1.807) is 0 Å². The van der Waals surface area contributed by atoms with Crippen molar-refractivity contribution in [2.75, 3.05) is 26.2 Å². The SMILES string of the molecule is Cc1nc(CN2CCC(CNC(=O)NCC3(O)CCCCC3)CC2)oc1C. The molecular weight excluding hydrogens is 344 g/mol. The first-order chi connectivity index (χ1) is 12.9. The number of rotatable bonds is 6. The Morgan fingerprint density at radius 1 is 1.22 bits per heavy atom. The number of carbonyl (C=O) groups excluding carboxylic acids is 1. The molecule has 0 unspecified atom stereocenters. The van der Waals surface area contributed by atoms with Crippen molar-refractivity contribution in [2.45, 2.75) is 70.9 Å². The molecule has 0 atom stereocenters. The number of aromatic nitrogens is 1. The molecule has 1 aromatic rings. The monoisotopic (exact) mass is 378 g/mol. The molecule has 0 bridgehead atoms. The number of carbonyl (C=O) groups is 1. The maximum atomic E-state index is 12.0. The van der Waals surface area contributed by atoms with Gasteiger partial charge in [-0.25, -0.2) is 9.78 Å². The standard InChI is InChI=1S/C20H34N4O3/c1-15-16(2)27-18(23-15)13-24-10-6-17(7-11-24)12-21-19(25)22-14-20(26)8-4-3-5-9-20/h17,26H,3-14H2,1-2H3,(H2,21,22,25). The zero-order valence-electron chi connectivity index (χ0n) is 16.7. The third kappa shape index (κ3) is 5.94. The fourth-order valence-electron chi connectivity index (χ4n) is 4.08. The van der Waals surface area contributed by atoms with Crippen molar-refractivity contribution < 1.29 is 14.3 Å². The molecular formula is C20H34N4O3. The number of piperidine rings is 1. The van der Waals surface area contributed by atoms with Gasteiger partial charge in [0.2, 0.25) is 5.89 Å². The molecule has 1 aromatic heterocycles. The second kappa shape index (κ2) is 9.06. The average Bonchev–Trinajstić information content (AvgIpc) is 2.97. The lowest BCUT2D eigenvalue weighted by Gasteiger charge is -2.32. The average molecular weight is 379 g/mol.